The molecule has 27 heavy (non-hydrogen) atoms. The quantitative estimate of drug-likeness (QED) is 0.761. The summed E-state index contributed by atoms with van der Waals surface area (Å²) >= 11 is 0. The first-order valence-electron chi connectivity index (χ1n) is 9.64. The molecule has 0 spiro atoms. The molecule has 1 aromatic heterocycles. The molecule has 2 fully saturated rings. The van der Waals surface area contributed by atoms with E-state index in [-0.39, 0.29) is 11.9 Å². The van der Waals surface area contributed by atoms with Crippen molar-refractivity contribution in [1.82, 2.24) is 15.0 Å². The average Bonchev–Trinajstić information content (AvgIpc) is 3.47. The van der Waals surface area contributed by atoms with Crippen LogP contribution in [0.3, 0.4) is 0 Å². The highest BCUT2D eigenvalue weighted by Gasteiger charge is 2.38. The fourth-order valence-corrected chi connectivity index (χ4v) is 4.08. The number of aryl methyl sites for hydroxylation is 2. The fourth-order valence-electron chi connectivity index (χ4n) is 4.08. The summed E-state index contributed by atoms with van der Waals surface area (Å²) in [6.07, 6.45) is 4.79. The van der Waals surface area contributed by atoms with Crippen LogP contribution in [-0.2, 0) is 4.79 Å². The van der Waals surface area contributed by atoms with Gasteiger partial charge in [-0.3, -0.25) is 9.59 Å². The zero-order valence-corrected chi connectivity index (χ0v) is 15.9. The second-order valence-electron chi connectivity index (χ2n) is 7.59. The molecule has 1 aromatic carbocycles. The minimum Gasteiger partial charge on any atom is -0.361 e. The minimum atomic E-state index is 0.104. The van der Waals surface area contributed by atoms with E-state index in [2.05, 4.69) is 10.1 Å². The zero-order chi connectivity index (χ0) is 19.0. The standard InChI is InChI=1S/C21H25N3O3/c1-14-20(15(2)27-22-14)16-3-5-17(6-4-16)21(26)24(18-7-8-18)19-9-11-23(13-25)12-10-19/h3-6,13,18-19H,7-12H2,1-2H3. The molecule has 0 bridgehead atoms. The summed E-state index contributed by atoms with van der Waals surface area (Å²) < 4.78 is 5.25. The van der Waals surface area contributed by atoms with E-state index in [1.54, 1.807) is 4.90 Å². The number of amides is 2. The molecule has 142 valence electrons. The molecule has 2 aliphatic rings. The predicted octanol–water partition coefficient (Wildman–Crippen LogP) is 3.18. The Morgan fingerprint density at radius 1 is 1.11 bits per heavy atom. The van der Waals surface area contributed by atoms with Crippen LogP contribution in [0.1, 0.15) is 47.5 Å². The number of benzene rings is 1. The van der Waals surface area contributed by atoms with Gasteiger partial charge in [-0.2, -0.15) is 0 Å². The molecule has 0 unspecified atom stereocenters. The molecular formula is C21H25N3O3. The van der Waals surface area contributed by atoms with E-state index >= 15 is 0 Å². The lowest BCUT2D eigenvalue weighted by molar-refractivity contribution is -0.119. The van der Waals surface area contributed by atoms with Crippen molar-refractivity contribution in [3.8, 4) is 11.1 Å². The molecule has 6 nitrogen and oxygen atoms in total. The molecule has 2 heterocycles. The summed E-state index contributed by atoms with van der Waals surface area (Å²) in [6, 6.07) is 8.33. The van der Waals surface area contributed by atoms with Crippen molar-refractivity contribution in [2.24, 2.45) is 0 Å². The van der Waals surface area contributed by atoms with Crippen LogP contribution in [0.5, 0.6) is 0 Å². The molecule has 0 N–H and O–H groups in total. The highest BCUT2D eigenvalue weighted by molar-refractivity contribution is 5.95. The highest BCUT2D eigenvalue weighted by Crippen LogP contribution is 2.34. The maximum atomic E-state index is 13.2. The van der Waals surface area contributed by atoms with E-state index in [9.17, 15) is 9.59 Å². The summed E-state index contributed by atoms with van der Waals surface area (Å²) in [5.74, 6) is 0.889. The Labute approximate surface area is 159 Å². The lowest BCUT2D eigenvalue weighted by atomic mass is 10.00. The van der Waals surface area contributed by atoms with Crippen LogP contribution in [0.15, 0.2) is 28.8 Å². The van der Waals surface area contributed by atoms with Crippen LogP contribution in [0.2, 0.25) is 0 Å². The number of rotatable bonds is 5. The van der Waals surface area contributed by atoms with E-state index in [0.29, 0.717) is 6.04 Å². The summed E-state index contributed by atoms with van der Waals surface area (Å²) in [7, 11) is 0. The third kappa shape index (κ3) is 3.48. The van der Waals surface area contributed by atoms with E-state index in [4.69, 9.17) is 4.52 Å². The smallest absolute Gasteiger partial charge is 0.254 e. The van der Waals surface area contributed by atoms with Gasteiger partial charge in [0, 0.05) is 36.3 Å². The Bertz CT molecular complexity index is 811. The number of hydrogen-bond donors (Lipinski definition) is 0. The maximum absolute atomic E-state index is 13.2. The van der Waals surface area contributed by atoms with Crippen molar-refractivity contribution in [2.45, 2.75) is 51.6 Å². The Hall–Kier alpha value is -2.63. The number of hydrogen-bond acceptors (Lipinski definition) is 4. The van der Waals surface area contributed by atoms with Crippen LogP contribution in [0.4, 0.5) is 0 Å². The third-order valence-corrected chi connectivity index (χ3v) is 5.67. The lowest BCUT2D eigenvalue weighted by Crippen LogP contribution is -2.48. The van der Waals surface area contributed by atoms with Crippen molar-refractivity contribution < 1.29 is 14.1 Å². The molecular weight excluding hydrogens is 342 g/mol. The van der Waals surface area contributed by atoms with E-state index in [1.165, 1.54) is 0 Å². The number of aromatic nitrogens is 1. The molecule has 2 aromatic rings. The van der Waals surface area contributed by atoms with Crippen molar-refractivity contribution in [1.29, 1.82) is 0 Å². The molecule has 1 aliphatic heterocycles. The zero-order valence-electron chi connectivity index (χ0n) is 15.9. The molecule has 0 atom stereocenters. The first-order chi connectivity index (χ1) is 13.1. The van der Waals surface area contributed by atoms with Crippen LogP contribution < -0.4 is 0 Å². The second kappa shape index (κ2) is 7.18. The van der Waals surface area contributed by atoms with Gasteiger partial charge in [0.25, 0.3) is 5.91 Å². The summed E-state index contributed by atoms with van der Waals surface area (Å²) in [5, 5.41) is 4.01. The monoisotopic (exact) mass is 367 g/mol. The SMILES string of the molecule is Cc1noc(C)c1-c1ccc(C(=O)N(C2CC2)C2CCN(C=O)CC2)cc1. The van der Waals surface area contributed by atoms with Crippen LogP contribution in [0, 0.1) is 13.8 Å². The summed E-state index contributed by atoms with van der Waals surface area (Å²) in [6.45, 7) is 5.28. The Morgan fingerprint density at radius 2 is 1.74 bits per heavy atom. The van der Waals surface area contributed by atoms with Crippen molar-refractivity contribution in [3.05, 3.63) is 41.3 Å². The number of nitrogens with zero attached hydrogens (tertiary/aromatic N) is 3. The third-order valence-electron chi connectivity index (χ3n) is 5.67. The maximum Gasteiger partial charge on any atom is 0.254 e. The van der Waals surface area contributed by atoms with Gasteiger partial charge in [0.1, 0.15) is 5.76 Å². The first kappa shape index (κ1) is 17.8. The number of likely N-dealkylation sites (tertiary alicyclic amines) is 1. The second-order valence-corrected chi connectivity index (χ2v) is 7.59. The Kier molecular flexibility index (Phi) is 4.72. The molecule has 2 amide bonds. The lowest BCUT2D eigenvalue weighted by Gasteiger charge is -2.37. The molecule has 4 rings (SSSR count). The Morgan fingerprint density at radius 3 is 2.26 bits per heavy atom. The van der Waals surface area contributed by atoms with Crippen molar-refractivity contribution in [2.75, 3.05) is 13.1 Å². The molecule has 0 radical (unpaired) electrons. The van der Waals surface area contributed by atoms with Crippen molar-refractivity contribution >= 4 is 12.3 Å². The van der Waals surface area contributed by atoms with E-state index in [1.807, 2.05) is 38.1 Å². The minimum absolute atomic E-state index is 0.104. The van der Waals surface area contributed by atoms with Gasteiger partial charge in [-0.05, 0) is 57.2 Å². The van der Waals surface area contributed by atoms with Gasteiger partial charge in [0.05, 0.1) is 5.69 Å². The van der Waals surface area contributed by atoms with Gasteiger partial charge >= 0.3 is 0 Å². The van der Waals surface area contributed by atoms with Crippen molar-refractivity contribution in [3.63, 3.8) is 0 Å². The molecule has 6 heteroatoms. The van der Waals surface area contributed by atoms with Gasteiger partial charge in [0.15, 0.2) is 0 Å². The highest BCUT2D eigenvalue weighted by atomic mass is 16.5. The number of carbonyl (C=O) groups is 2. The van der Waals surface area contributed by atoms with Gasteiger partial charge in [-0.15, -0.1) is 0 Å². The van der Waals surface area contributed by atoms with Gasteiger partial charge in [-0.1, -0.05) is 17.3 Å². The number of piperidine rings is 1. The normalized spacial score (nSPS) is 17.8. The molecule has 1 aliphatic carbocycles. The summed E-state index contributed by atoms with van der Waals surface area (Å²) in [4.78, 5) is 28.0. The summed E-state index contributed by atoms with van der Waals surface area (Å²) in [5.41, 5.74) is 3.58. The molecule has 1 saturated heterocycles. The first-order valence-corrected chi connectivity index (χ1v) is 9.64. The average molecular weight is 367 g/mol. The van der Waals surface area contributed by atoms with Gasteiger partial charge < -0.3 is 14.3 Å². The molecule has 1 saturated carbocycles. The van der Waals surface area contributed by atoms with E-state index < -0.39 is 0 Å². The van der Waals surface area contributed by atoms with Crippen LogP contribution in [0.25, 0.3) is 11.1 Å². The Balaban J connectivity index is 1.53. The van der Waals surface area contributed by atoms with Gasteiger partial charge in [0.2, 0.25) is 6.41 Å². The topological polar surface area (TPSA) is 66.7 Å². The fraction of sp³-hybridized carbons (Fsp3) is 0.476. The van der Waals surface area contributed by atoms with Crippen LogP contribution in [-0.4, -0.2) is 52.4 Å². The van der Waals surface area contributed by atoms with Crippen LogP contribution >= 0.6 is 0 Å². The largest absolute Gasteiger partial charge is 0.361 e. The predicted molar refractivity (Wildman–Crippen MR) is 101 cm³/mol. The number of carbonyl (C=O) groups excluding carboxylic acids is 2. The van der Waals surface area contributed by atoms with Gasteiger partial charge in [-0.25, -0.2) is 0 Å². The van der Waals surface area contributed by atoms with E-state index in [0.717, 1.165) is 73.3 Å².